The molecule has 0 saturated heterocycles. The van der Waals surface area contributed by atoms with E-state index in [4.69, 9.17) is 0 Å². The Bertz CT molecular complexity index is 759. The number of pyridine rings is 1. The highest BCUT2D eigenvalue weighted by molar-refractivity contribution is 14.0. The summed E-state index contributed by atoms with van der Waals surface area (Å²) in [5.74, 6) is 0.619. The minimum atomic E-state index is -0.168. The smallest absolute Gasteiger partial charge is 0.191 e. The van der Waals surface area contributed by atoms with Crippen LogP contribution in [0, 0.1) is 12.7 Å². The van der Waals surface area contributed by atoms with E-state index >= 15 is 0 Å². The number of benzene rings is 1. The lowest BCUT2D eigenvalue weighted by molar-refractivity contribution is 0.607. The Morgan fingerprint density at radius 2 is 2.08 bits per heavy atom. The standard InChI is InChI=1S/C20H25FN4.HI/c1-15-13-23-10-6-16(15)7-11-24-19(22-2)25-14-20(8-9-20)17-4-3-5-18(21)12-17;/h3-6,10,12-13H,7-9,11,14H2,1-2H3,(H2,22,24,25);1H. The summed E-state index contributed by atoms with van der Waals surface area (Å²) in [5, 5.41) is 6.75. The fraction of sp³-hybridized carbons (Fsp3) is 0.400. The highest BCUT2D eigenvalue weighted by Crippen LogP contribution is 2.47. The van der Waals surface area contributed by atoms with Crippen LogP contribution in [0.1, 0.15) is 29.5 Å². The number of nitrogens with one attached hydrogen (secondary N) is 2. The molecule has 2 N–H and O–H groups in total. The number of halogens is 2. The Balaban J connectivity index is 0.00000243. The van der Waals surface area contributed by atoms with Gasteiger partial charge in [-0.25, -0.2) is 4.39 Å². The van der Waals surface area contributed by atoms with E-state index in [1.165, 1.54) is 17.2 Å². The van der Waals surface area contributed by atoms with E-state index in [-0.39, 0.29) is 35.2 Å². The summed E-state index contributed by atoms with van der Waals surface area (Å²) >= 11 is 0. The molecule has 4 nitrogen and oxygen atoms in total. The van der Waals surface area contributed by atoms with Crippen LogP contribution in [-0.4, -0.2) is 31.1 Å². The zero-order valence-corrected chi connectivity index (χ0v) is 17.6. The number of aliphatic imine (C=N–C) groups is 1. The molecule has 140 valence electrons. The second-order valence-corrected chi connectivity index (χ2v) is 6.70. The van der Waals surface area contributed by atoms with Crippen molar-refractivity contribution in [2.24, 2.45) is 4.99 Å². The maximum Gasteiger partial charge on any atom is 0.191 e. The third-order valence-corrected chi connectivity index (χ3v) is 4.93. The molecule has 1 aromatic heterocycles. The highest BCUT2D eigenvalue weighted by atomic mass is 127. The van der Waals surface area contributed by atoms with Gasteiger partial charge in [0.15, 0.2) is 5.96 Å². The molecule has 6 heteroatoms. The molecule has 0 unspecified atom stereocenters. The van der Waals surface area contributed by atoms with E-state index in [1.54, 1.807) is 19.2 Å². The van der Waals surface area contributed by atoms with Crippen LogP contribution in [-0.2, 0) is 11.8 Å². The van der Waals surface area contributed by atoms with Crippen molar-refractivity contribution in [3.63, 3.8) is 0 Å². The summed E-state index contributed by atoms with van der Waals surface area (Å²) in [6.07, 6.45) is 6.79. The van der Waals surface area contributed by atoms with Gasteiger partial charge in [0.25, 0.3) is 0 Å². The molecule has 0 spiro atoms. The molecule has 1 aliphatic carbocycles. The van der Waals surface area contributed by atoms with Gasteiger partial charge in [-0.2, -0.15) is 0 Å². The molecule has 1 aliphatic rings. The number of rotatable bonds is 6. The molecular formula is C20H26FIN4. The number of aromatic nitrogens is 1. The number of aryl methyl sites for hydroxylation is 1. The summed E-state index contributed by atoms with van der Waals surface area (Å²) in [6.45, 7) is 3.65. The predicted molar refractivity (Wildman–Crippen MR) is 115 cm³/mol. The fourth-order valence-electron chi connectivity index (χ4n) is 3.11. The van der Waals surface area contributed by atoms with E-state index in [2.05, 4.69) is 33.6 Å². The Morgan fingerprint density at radius 3 is 2.73 bits per heavy atom. The molecule has 0 aliphatic heterocycles. The summed E-state index contributed by atoms with van der Waals surface area (Å²) in [4.78, 5) is 8.41. The normalized spacial score (nSPS) is 15.1. The first-order valence-corrected chi connectivity index (χ1v) is 8.73. The molecule has 0 atom stereocenters. The van der Waals surface area contributed by atoms with Gasteiger partial charge in [-0.3, -0.25) is 9.98 Å². The van der Waals surface area contributed by atoms with Crippen molar-refractivity contribution in [3.8, 4) is 0 Å². The minimum Gasteiger partial charge on any atom is -0.356 e. The average Bonchev–Trinajstić information content (AvgIpc) is 3.41. The van der Waals surface area contributed by atoms with Crippen LogP contribution in [0.4, 0.5) is 4.39 Å². The van der Waals surface area contributed by atoms with Crippen LogP contribution in [0.2, 0.25) is 0 Å². The molecule has 2 aromatic rings. The first-order valence-electron chi connectivity index (χ1n) is 8.73. The van der Waals surface area contributed by atoms with Gasteiger partial charge in [0.1, 0.15) is 5.82 Å². The lowest BCUT2D eigenvalue weighted by atomic mass is 9.96. The lowest BCUT2D eigenvalue weighted by Gasteiger charge is -2.19. The van der Waals surface area contributed by atoms with Crippen molar-refractivity contribution in [1.82, 2.24) is 15.6 Å². The summed E-state index contributed by atoms with van der Waals surface area (Å²) in [7, 11) is 1.77. The zero-order chi connectivity index (χ0) is 17.7. The molecule has 1 saturated carbocycles. The van der Waals surface area contributed by atoms with E-state index < -0.39 is 0 Å². The van der Waals surface area contributed by atoms with Crippen molar-refractivity contribution in [2.45, 2.75) is 31.6 Å². The summed E-state index contributed by atoms with van der Waals surface area (Å²) < 4.78 is 13.5. The summed E-state index contributed by atoms with van der Waals surface area (Å²) in [6, 6.07) is 9.00. The van der Waals surface area contributed by atoms with Crippen molar-refractivity contribution in [3.05, 3.63) is 65.2 Å². The van der Waals surface area contributed by atoms with Gasteiger partial charge < -0.3 is 10.6 Å². The first kappa shape index (κ1) is 20.6. The predicted octanol–water partition coefficient (Wildman–Crippen LogP) is 3.59. The van der Waals surface area contributed by atoms with Gasteiger partial charge in [0.05, 0.1) is 0 Å². The second kappa shape index (κ2) is 9.30. The van der Waals surface area contributed by atoms with Crippen LogP contribution in [0.5, 0.6) is 0 Å². The molecular weight excluding hydrogens is 442 g/mol. The minimum absolute atomic E-state index is 0. The SMILES string of the molecule is CN=C(NCCc1ccncc1C)NCC1(c2cccc(F)c2)CC1.I. The van der Waals surface area contributed by atoms with Gasteiger partial charge in [0.2, 0.25) is 0 Å². The van der Waals surface area contributed by atoms with Gasteiger partial charge in [-0.15, -0.1) is 24.0 Å². The maximum absolute atomic E-state index is 13.5. The Hall–Kier alpha value is -1.70. The monoisotopic (exact) mass is 468 g/mol. The topological polar surface area (TPSA) is 49.3 Å². The number of hydrogen-bond donors (Lipinski definition) is 2. The molecule has 3 rings (SSSR count). The van der Waals surface area contributed by atoms with Crippen molar-refractivity contribution in [2.75, 3.05) is 20.1 Å². The molecule has 26 heavy (non-hydrogen) atoms. The number of hydrogen-bond acceptors (Lipinski definition) is 2. The third kappa shape index (κ3) is 5.16. The quantitative estimate of drug-likeness (QED) is 0.387. The van der Waals surface area contributed by atoms with E-state index in [1.807, 2.05) is 18.5 Å². The third-order valence-electron chi connectivity index (χ3n) is 4.93. The highest BCUT2D eigenvalue weighted by Gasteiger charge is 2.44. The zero-order valence-electron chi connectivity index (χ0n) is 15.3. The van der Waals surface area contributed by atoms with Crippen molar-refractivity contribution >= 4 is 29.9 Å². The van der Waals surface area contributed by atoms with E-state index in [0.717, 1.165) is 43.9 Å². The molecule has 0 radical (unpaired) electrons. The Kier molecular flexibility index (Phi) is 7.37. The Labute approximate surface area is 171 Å². The van der Waals surface area contributed by atoms with E-state index in [0.29, 0.717) is 0 Å². The van der Waals surface area contributed by atoms with Crippen molar-refractivity contribution < 1.29 is 4.39 Å². The fourth-order valence-corrected chi connectivity index (χ4v) is 3.11. The molecule has 0 bridgehead atoms. The number of nitrogens with zero attached hydrogens (tertiary/aromatic N) is 2. The molecule has 1 heterocycles. The first-order chi connectivity index (χ1) is 12.1. The summed E-state index contributed by atoms with van der Waals surface area (Å²) in [5.41, 5.74) is 3.61. The van der Waals surface area contributed by atoms with Crippen LogP contribution < -0.4 is 10.6 Å². The van der Waals surface area contributed by atoms with Gasteiger partial charge in [0, 0.05) is 37.9 Å². The largest absolute Gasteiger partial charge is 0.356 e. The van der Waals surface area contributed by atoms with Crippen molar-refractivity contribution in [1.29, 1.82) is 0 Å². The second-order valence-electron chi connectivity index (χ2n) is 6.70. The maximum atomic E-state index is 13.5. The van der Waals surface area contributed by atoms with Crippen LogP contribution in [0.25, 0.3) is 0 Å². The van der Waals surface area contributed by atoms with Gasteiger partial charge >= 0.3 is 0 Å². The number of guanidine groups is 1. The van der Waals surface area contributed by atoms with Gasteiger partial charge in [-0.05, 0) is 61.1 Å². The molecule has 1 aromatic carbocycles. The molecule has 0 amide bonds. The molecule has 1 fully saturated rings. The van der Waals surface area contributed by atoms with Crippen LogP contribution in [0.15, 0.2) is 47.7 Å². The van der Waals surface area contributed by atoms with E-state index in [9.17, 15) is 4.39 Å². The average molecular weight is 468 g/mol. The lowest BCUT2D eigenvalue weighted by Crippen LogP contribution is -2.42. The van der Waals surface area contributed by atoms with Crippen LogP contribution >= 0.6 is 24.0 Å². The Morgan fingerprint density at radius 1 is 1.27 bits per heavy atom. The van der Waals surface area contributed by atoms with Gasteiger partial charge in [-0.1, -0.05) is 12.1 Å². The van der Waals surface area contributed by atoms with Crippen LogP contribution in [0.3, 0.4) is 0 Å².